The minimum atomic E-state index is 0.254. The monoisotopic (exact) mass is 298 g/mol. The van der Waals surface area contributed by atoms with Crippen molar-refractivity contribution in [2.75, 3.05) is 13.7 Å². The number of fused-ring (bicyclic) bond motifs is 1. The molecule has 0 amide bonds. The lowest BCUT2D eigenvalue weighted by Gasteiger charge is -2.20. The molecule has 0 bridgehead atoms. The summed E-state index contributed by atoms with van der Waals surface area (Å²) in [5, 5.41) is 4.56. The first-order valence-electron chi connectivity index (χ1n) is 7.15. The highest BCUT2D eigenvalue weighted by Gasteiger charge is 2.23. The number of hydrogen-bond acceptors (Lipinski definition) is 3. The lowest BCUT2D eigenvalue weighted by molar-refractivity contribution is 0.150. The number of alkyl halides is 1. The number of aromatic nitrogens is 4. The van der Waals surface area contributed by atoms with E-state index in [0.717, 1.165) is 41.9 Å². The van der Waals surface area contributed by atoms with Crippen LogP contribution in [-0.2, 0) is 24.1 Å². The smallest absolute Gasteiger partial charge is 0.159 e. The maximum absolute atomic E-state index is 6.10. The van der Waals surface area contributed by atoms with Gasteiger partial charge in [-0.25, -0.2) is 4.98 Å². The number of methoxy groups -OCH3 is 1. The topological polar surface area (TPSA) is 44.9 Å². The Morgan fingerprint density at radius 2 is 2.10 bits per heavy atom. The van der Waals surface area contributed by atoms with Crippen LogP contribution in [0.15, 0.2) is 0 Å². The molecule has 0 aromatic carbocycles. The number of imidazole rings is 1. The molecule has 6 heteroatoms. The third-order valence-corrected chi connectivity index (χ3v) is 3.85. The van der Waals surface area contributed by atoms with Crippen molar-refractivity contribution < 1.29 is 4.74 Å². The van der Waals surface area contributed by atoms with Crippen molar-refractivity contribution in [2.24, 2.45) is 7.05 Å². The first kappa shape index (κ1) is 15.3. The van der Waals surface area contributed by atoms with Gasteiger partial charge in [-0.15, -0.1) is 11.6 Å². The van der Waals surface area contributed by atoms with Crippen molar-refractivity contribution in [3.05, 3.63) is 11.5 Å². The first-order chi connectivity index (χ1) is 9.67. The molecule has 0 aliphatic rings. The summed E-state index contributed by atoms with van der Waals surface area (Å²) in [6.07, 6.45) is 3.00. The van der Waals surface area contributed by atoms with Gasteiger partial charge in [-0.3, -0.25) is 4.68 Å². The molecule has 2 aromatic heterocycles. The molecule has 2 rings (SSSR count). The summed E-state index contributed by atoms with van der Waals surface area (Å²) in [7, 11) is 3.70. The molecule has 0 aliphatic carbocycles. The molecular formula is C14H23ClN4O. The van der Waals surface area contributed by atoms with Crippen LogP contribution in [0.4, 0.5) is 0 Å². The van der Waals surface area contributed by atoms with Gasteiger partial charge in [0.25, 0.3) is 0 Å². The largest absolute Gasteiger partial charge is 0.383 e. The minimum absolute atomic E-state index is 0.254. The van der Waals surface area contributed by atoms with E-state index in [2.05, 4.69) is 23.5 Å². The zero-order chi connectivity index (χ0) is 14.7. The van der Waals surface area contributed by atoms with Crippen LogP contribution in [0.5, 0.6) is 0 Å². The second-order valence-corrected chi connectivity index (χ2v) is 5.29. The Balaban J connectivity index is 2.61. The minimum Gasteiger partial charge on any atom is -0.383 e. The number of rotatable bonds is 7. The van der Waals surface area contributed by atoms with Gasteiger partial charge < -0.3 is 9.30 Å². The highest BCUT2D eigenvalue weighted by molar-refractivity contribution is 6.16. The Labute approximate surface area is 124 Å². The molecule has 0 aliphatic heterocycles. The Kier molecular flexibility index (Phi) is 5.05. The zero-order valence-corrected chi connectivity index (χ0v) is 13.4. The van der Waals surface area contributed by atoms with Crippen molar-refractivity contribution in [3.8, 4) is 0 Å². The summed E-state index contributed by atoms with van der Waals surface area (Å²) in [5.74, 6) is 1.31. The van der Waals surface area contributed by atoms with Crippen molar-refractivity contribution in [1.29, 1.82) is 0 Å². The standard InChI is InChI=1S/C14H23ClN4O/c1-5-7-10(9-20-4)19-12(8-15)16-13-11(6-2)17-18(3)14(13)19/h10H,5-9H2,1-4H3. The molecule has 0 fully saturated rings. The van der Waals surface area contributed by atoms with Gasteiger partial charge in [0.05, 0.1) is 24.2 Å². The molecule has 0 saturated heterocycles. The van der Waals surface area contributed by atoms with Crippen LogP contribution in [0, 0.1) is 0 Å². The molecule has 0 N–H and O–H groups in total. The van der Waals surface area contributed by atoms with Gasteiger partial charge in [0.15, 0.2) is 5.65 Å². The van der Waals surface area contributed by atoms with Crippen molar-refractivity contribution in [1.82, 2.24) is 19.3 Å². The number of halogens is 1. The van der Waals surface area contributed by atoms with Crippen molar-refractivity contribution in [3.63, 3.8) is 0 Å². The molecule has 0 spiro atoms. The number of ether oxygens (including phenoxy) is 1. The molecule has 20 heavy (non-hydrogen) atoms. The maximum Gasteiger partial charge on any atom is 0.159 e. The quantitative estimate of drug-likeness (QED) is 0.738. The fourth-order valence-electron chi connectivity index (χ4n) is 2.78. The Bertz CT molecular complexity index is 569. The van der Waals surface area contributed by atoms with Gasteiger partial charge in [-0.05, 0) is 12.8 Å². The predicted molar refractivity (Wildman–Crippen MR) is 81.3 cm³/mol. The number of hydrogen-bond donors (Lipinski definition) is 0. The van der Waals surface area contributed by atoms with Crippen molar-refractivity contribution in [2.45, 2.75) is 45.0 Å². The molecule has 1 atom stereocenters. The summed E-state index contributed by atoms with van der Waals surface area (Å²) in [6, 6.07) is 0.254. The van der Waals surface area contributed by atoms with E-state index in [9.17, 15) is 0 Å². The Morgan fingerprint density at radius 3 is 2.65 bits per heavy atom. The van der Waals surface area contributed by atoms with E-state index in [4.69, 9.17) is 21.3 Å². The lowest BCUT2D eigenvalue weighted by Crippen LogP contribution is -2.18. The van der Waals surface area contributed by atoms with Gasteiger partial charge in [-0.2, -0.15) is 5.10 Å². The number of nitrogens with zero attached hydrogens (tertiary/aromatic N) is 4. The molecule has 2 aromatic rings. The van der Waals surface area contributed by atoms with Crippen LogP contribution in [0.1, 0.15) is 44.2 Å². The van der Waals surface area contributed by atoms with E-state index in [1.54, 1.807) is 7.11 Å². The Morgan fingerprint density at radius 1 is 1.35 bits per heavy atom. The fraction of sp³-hybridized carbons (Fsp3) is 0.714. The van der Waals surface area contributed by atoms with Crippen LogP contribution in [-0.4, -0.2) is 33.0 Å². The van der Waals surface area contributed by atoms with Crippen LogP contribution >= 0.6 is 11.6 Å². The predicted octanol–water partition coefficient (Wildman–Crippen LogP) is 3.06. The molecular weight excluding hydrogens is 276 g/mol. The summed E-state index contributed by atoms with van der Waals surface area (Å²) in [5.41, 5.74) is 3.05. The molecule has 1 unspecified atom stereocenters. The SMILES string of the molecule is CCCC(COC)n1c(CCl)nc2c(CC)nn(C)c21. The average molecular weight is 299 g/mol. The van der Waals surface area contributed by atoms with Crippen LogP contribution in [0.2, 0.25) is 0 Å². The molecule has 2 heterocycles. The summed E-state index contributed by atoms with van der Waals surface area (Å²) in [6.45, 7) is 4.94. The van der Waals surface area contributed by atoms with Gasteiger partial charge in [0, 0.05) is 14.2 Å². The van der Waals surface area contributed by atoms with E-state index in [-0.39, 0.29) is 6.04 Å². The van der Waals surface area contributed by atoms with Gasteiger partial charge in [0.2, 0.25) is 0 Å². The van der Waals surface area contributed by atoms with E-state index in [1.807, 2.05) is 11.7 Å². The zero-order valence-electron chi connectivity index (χ0n) is 12.7. The van der Waals surface area contributed by atoms with E-state index >= 15 is 0 Å². The highest BCUT2D eigenvalue weighted by Crippen LogP contribution is 2.27. The summed E-state index contributed by atoms with van der Waals surface area (Å²) < 4.78 is 9.50. The summed E-state index contributed by atoms with van der Waals surface area (Å²) in [4.78, 5) is 4.70. The van der Waals surface area contributed by atoms with E-state index < -0.39 is 0 Å². The van der Waals surface area contributed by atoms with Crippen LogP contribution in [0.25, 0.3) is 11.2 Å². The molecule has 5 nitrogen and oxygen atoms in total. The summed E-state index contributed by atoms with van der Waals surface area (Å²) >= 11 is 6.10. The van der Waals surface area contributed by atoms with E-state index in [1.165, 1.54) is 0 Å². The molecule has 0 radical (unpaired) electrons. The van der Waals surface area contributed by atoms with Gasteiger partial charge in [-0.1, -0.05) is 20.3 Å². The van der Waals surface area contributed by atoms with Crippen molar-refractivity contribution >= 4 is 22.8 Å². The van der Waals surface area contributed by atoms with Crippen LogP contribution in [0.3, 0.4) is 0 Å². The molecule has 112 valence electrons. The fourth-order valence-corrected chi connectivity index (χ4v) is 2.97. The van der Waals surface area contributed by atoms with Gasteiger partial charge >= 0.3 is 0 Å². The third-order valence-electron chi connectivity index (χ3n) is 3.61. The van der Waals surface area contributed by atoms with E-state index in [0.29, 0.717) is 12.5 Å². The molecule has 0 saturated carbocycles. The van der Waals surface area contributed by atoms with Gasteiger partial charge in [0.1, 0.15) is 11.3 Å². The highest BCUT2D eigenvalue weighted by atomic mass is 35.5. The second-order valence-electron chi connectivity index (χ2n) is 5.03. The maximum atomic E-state index is 6.10. The second kappa shape index (κ2) is 6.59. The van der Waals surface area contributed by atoms with Crippen LogP contribution < -0.4 is 0 Å². The normalized spacial score (nSPS) is 13.2. The first-order valence-corrected chi connectivity index (χ1v) is 7.68. The number of aryl methyl sites for hydroxylation is 2. The lowest BCUT2D eigenvalue weighted by atomic mass is 10.1. The third kappa shape index (κ3) is 2.56. The average Bonchev–Trinajstić information content (AvgIpc) is 2.96. The Hall–Kier alpha value is -1.07.